The first-order chi connectivity index (χ1) is 15.0. The van der Waals surface area contributed by atoms with Crippen LogP contribution in [0.4, 0.5) is 0 Å². The summed E-state index contributed by atoms with van der Waals surface area (Å²) in [5, 5.41) is 16.7. The third-order valence-corrected chi connectivity index (χ3v) is 5.68. The van der Waals surface area contributed by atoms with Gasteiger partial charge in [-0.1, -0.05) is 6.07 Å². The van der Waals surface area contributed by atoms with E-state index >= 15 is 0 Å². The molecule has 0 bridgehead atoms. The summed E-state index contributed by atoms with van der Waals surface area (Å²) in [6.45, 7) is 0. The Morgan fingerprint density at radius 3 is 2.77 bits per heavy atom. The maximum Gasteiger partial charge on any atom is 0.311 e. The zero-order valence-electron chi connectivity index (χ0n) is 17.4. The average molecular weight is 424 g/mol. The van der Waals surface area contributed by atoms with Crippen LogP contribution in [-0.4, -0.2) is 36.5 Å². The second-order valence-electron chi connectivity index (χ2n) is 7.53. The van der Waals surface area contributed by atoms with Gasteiger partial charge < -0.3 is 24.7 Å². The molecule has 0 radical (unpaired) electrons. The third-order valence-electron chi connectivity index (χ3n) is 5.68. The largest absolute Gasteiger partial charge is 0.493 e. The monoisotopic (exact) mass is 424 g/mol. The SMILES string of the molecule is COC(=O)Cc1[nH]nc2c1[C@@H](c1ccc(OC3CCCC3)c(OC)c1)C(C#N)=C(N)O2. The van der Waals surface area contributed by atoms with E-state index in [1.54, 1.807) is 7.11 Å². The smallest absolute Gasteiger partial charge is 0.311 e. The molecule has 4 rings (SSSR count). The van der Waals surface area contributed by atoms with Crippen LogP contribution in [0, 0.1) is 11.3 Å². The van der Waals surface area contributed by atoms with Crippen LogP contribution in [0.2, 0.25) is 0 Å². The van der Waals surface area contributed by atoms with Gasteiger partial charge in [-0.05, 0) is 43.4 Å². The highest BCUT2D eigenvalue weighted by Gasteiger charge is 2.36. The van der Waals surface area contributed by atoms with Crippen LogP contribution in [0.3, 0.4) is 0 Å². The molecule has 1 fully saturated rings. The first kappa shape index (κ1) is 20.6. The quantitative estimate of drug-likeness (QED) is 0.676. The zero-order chi connectivity index (χ0) is 22.0. The van der Waals surface area contributed by atoms with Crippen LogP contribution in [0.25, 0.3) is 0 Å². The Morgan fingerprint density at radius 2 is 2.10 bits per heavy atom. The van der Waals surface area contributed by atoms with Crippen LogP contribution >= 0.6 is 0 Å². The predicted molar refractivity (Wildman–Crippen MR) is 109 cm³/mol. The Hall–Kier alpha value is -3.67. The van der Waals surface area contributed by atoms with Crippen molar-refractivity contribution >= 4 is 5.97 Å². The van der Waals surface area contributed by atoms with E-state index in [2.05, 4.69) is 16.3 Å². The maximum atomic E-state index is 11.9. The lowest BCUT2D eigenvalue weighted by Gasteiger charge is -2.25. The number of carbonyl (C=O) groups is 1. The molecule has 1 aromatic heterocycles. The van der Waals surface area contributed by atoms with Gasteiger partial charge in [0.15, 0.2) is 11.5 Å². The number of hydrogen-bond donors (Lipinski definition) is 2. The second-order valence-corrected chi connectivity index (χ2v) is 7.53. The Labute approximate surface area is 179 Å². The van der Waals surface area contributed by atoms with Gasteiger partial charge in [-0.15, -0.1) is 5.10 Å². The molecule has 1 aliphatic heterocycles. The topological polar surface area (TPSA) is 132 Å². The van der Waals surface area contributed by atoms with Crippen LogP contribution in [0.15, 0.2) is 29.7 Å². The van der Waals surface area contributed by atoms with E-state index in [1.807, 2.05) is 18.2 Å². The summed E-state index contributed by atoms with van der Waals surface area (Å²) in [4.78, 5) is 11.9. The summed E-state index contributed by atoms with van der Waals surface area (Å²) in [5.41, 5.74) is 8.05. The predicted octanol–water partition coefficient (Wildman–Crippen LogP) is 2.67. The third kappa shape index (κ3) is 3.89. The van der Waals surface area contributed by atoms with Crippen molar-refractivity contribution in [2.75, 3.05) is 14.2 Å². The number of methoxy groups -OCH3 is 2. The molecule has 31 heavy (non-hydrogen) atoms. The van der Waals surface area contributed by atoms with Gasteiger partial charge in [0, 0.05) is 0 Å². The van der Waals surface area contributed by atoms with Gasteiger partial charge in [0.2, 0.25) is 11.8 Å². The van der Waals surface area contributed by atoms with Crippen LogP contribution < -0.4 is 19.9 Å². The lowest BCUT2D eigenvalue weighted by molar-refractivity contribution is -0.139. The summed E-state index contributed by atoms with van der Waals surface area (Å²) in [5.74, 6) is 0.395. The maximum absolute atomic E-state index is 11.9. The van der Waals surface area contributed by atoms with E-state index in [1.165, 1.54) is 7.11 Å². The number of carbonyl (C=O) groups excluding carboxylic acids is 1. The number of fused-ring (bicyclic) bond motifs is 1. The second kappa shape index (κ2) is 8.60. The first-order valence-corrected chi connectivity index (χ1v) is 10.1. The van der Waals surface area contributed by atoms with E-state index in [9.17, 15) is 10.1 Å². The summed E-state index contributed by atoms with van der Waals surface area (Å²) < 4.78 is 22.0. The number of H-pyrrole nitrogens is 1. The number of ether oxygens (including phenoxy) is 4. The molecule has 0 unspecified atom stereocenters. The van der Waals surface area contributed by atoms with Gasteiger partial charge in [0.05, 0.1) is 43.9 Å². The standard InChI is InChI=1S/C22H24N4O5/c1-28-17-9-12(7-8-16(17)30-13-5-3-4-6-13)19-14(11-23)21(24)31-22-20(19)15(25-26-22)10-18(27)29-2/h7-9,13,19H,3-6,10,24H2,1-2H3,(H,25,26)/t19-/m0/s1. The van der Waals surface area contributed by atoms with Crippen molar-refractivity contribution in [3.8, 4) is 23.4 Å². The van der Waals surface area contributed by atoms with Crippen LogP contribution in [-0.2, 0) is 16.0 Å². The van der Waals surface area contributed by atoms with Crippen molar-refractivity contribution in [1.29, 1.82) is 5.26 Å². The Kier molecular flexibility index (Phi) is 5.71. The fourth-order valence-electron chi connectivity index (χ4n) is 4.14. The molecule has 3 N–H and O–H groups in total. The van der Waals surface area contributed by atoms with Gasteiger partial charge in [-0.3, -0.25) is 9.89 Å². The summed E-state index contributed by atoms with van der Waals surface area (Å²) >= 11 is 0. The number of hydrogen-bond acceptors (Lipinski definition) is 8. The number of esters is 1. The number of nitrogens with two attached hydrogens (primary N) is 1. The molecule has 0 amide bonds. The van der Waals surface area contributed by atoms with E-state index in [-0.39, 0.29) is 29.9 Å². The number of allylic oxidation sites excluding steroid dienone is 1. The number of nitrogens with zero attached hydrogens (tertiary/aromatic N) is 2. The van der Waals surface area contributed by atoms with E-state index < -0.39 is 11.9 Å². The number of nitrogens with one attached hydrogen (secondary N) is 1. The molecular formula is C22H24N4O5. The molecule has 2 aliphatic rings. The number of rotatable bonds is 6. The van der Waals surface area contributed by atoms with Gasteiger partial charge in [-0.2, -0.15) is 5.26 Å². The van der Waals surface area contributed by atoms with Gasteiger partial charge in [0.25, 0.3) is 0 Å². The molecular weight excluding hydrogens is 400 g/mol. The number of benzene rings is 1. The highest BCUT2D eigenvalue weighted by Crippen LogP contribution is 2.45. The zero-order valence-corrected chi connectivity index (χ0v) is 17.4. The molecule has 0 saturated heterocycles. The Morgan fingerprint density at radius 1 is 1.32 bits per heavy atom. The van der Waals surface area contributed by atoms with Crippen LogP contribution in [0.1, 0.15) is 48.4 Å². The molecule has 1 atom stereocenters. The summed E-state index contributed by atoms with van der Waals surface area (Å²) in [7, 11) is 2.89. The minimum absolute atomic E-state index is 0.0265. The van der Waals surface area contributed by atoms with Crippen LogP contribution in [0.5, 0.6) is 17.4 Å². The molecule has 162 valence electrons. The van der Waals surface area contributed by atoms with Crippen molar-refractivity contribution in [1.82, 2.24) is 10.2 Å². The highest BCUT2D eigenvalue weighted by atomic mass is 16.5. The first-order valence-electron chi connectivity index (χ1n) is 10.1. The molecule has 1 aromatic carbocycles. The van der Waals surface area contributed by atoms with Crippen molar-refractivity contribution in [3.63, 3.8) is 0 Å². The minimum Gasteiger partial charge on any atom is -0.493 e. The molecule has 9 nitrogen and oxygen atoms in total. The van der Waals surface area contributed by atoms with E-state index in [0.29, 0.717) is 22.8 Å². The fourth-order valence-corrected chi connectivity index (χ4v) is 4.14. The van der Waals surface area contributed by atoms with Gasteiger partial charge in [0.1, 0.15) is 11.6 Å². The minimum atomic E-state index is -0.582. The van der Waals surface area contributed by atoms with E-state index in [0.717, 1.165) is 31.2 Å². The molecule has 2 heterocycles. The van der Waals surface area contributed by atoms with Crippen molar-refractivity contribution in [2.24, 2.45) is 5.73 Å². The molecule has 0 spiro atoms. The average Bonchev–Trinajstić information content (AvgIpc) is 3.43. The fraction of sp³-hybridized carbons (Fsp3) is 0.409. The van der Waals surface area contributed by atoms with Crippen molar-refractivity contribution in [3.05, 3.63) is 46.5 Å². The highest BCUT2D eigenvalue weighted by molar-refractivity contribution is 5.73. The number of aromatic amines is 1. The van der Waals surface area contributed by atoms with E-state index in [4.69, 9.17) is 24.7 Å². The molecule has 1 saturated carbocycles. The van der Waals surface area contributed by atoms with Crippen molar-refractivity contribution in [2.45, 2.75) is 44.1 Å². The van der Waals surface area contributed by atoms with Gasteiger partial charge >= 0.3 is 5.97 Å². The molecule has 9 heteroatoms. The molecule has 1 aliphatic carbocycles. The lowest BCUT2D eigenvalue weighted by Crippen LogP contribution is -2.22. The normalized spacial score (nSPS) is 18.2. The number of aromatic nitrogens is 2. The Balaban J connectivity index is 1.76. The summed E-state index contributed by atoms with van der Waals surface area (Å²) in [6, 6.07) is 7.67. The summed E-state index contributed by atoms with van der Waals surface area (Å²) in [6.07, 6.45) is 4.51. The van der Waals surface area contributed by atoms with Gasteiger partial charge in [-0.25, -0.2) is 0 Å². The lowest BCUT2D eigenvalue weighted by atomic mass is 9.83. The molecule has 2 aromatic rings. The Bertz CT molecular complexity index is 1060. The van der Waals surface area contributed by atoms with Crippen molar-refractivity contribution < 1.29 is 23.7 Å². The number of nitriles is 1.